The Morgan fingerprint density at radius 2 is 1.94 bits per heavy atom. The third kappa shape index (κ3) is 4.84. The van der Waals surface area contributed by atoms with E-state index in [4.69, 9.17) is 16.3 Å². The van der Waals surface area contributed by atoms with Crippen LogP contribution in [0.25, 0.3) is 6.08 Å². The van der Waals surface area contributed by atoms with Crippen molar-refractivity contribution in [3.8, 4) is 11.6 Å². The maximum atomic E-state index is 13.8. The van der Waals surface area contributed by atoms with Gasteiger partial charge in [-0.25, -0.2) is 4.98 Å². The number of nitrogens with zero attached hydrogens (tertiary/aromatic N) is 3. The van der Waals surface area contributed by atoms with E-state index in [1.807, 2.05) is 0 Å². The Kier molecular flexibility index (Phi) is 6.29. The topological polar surface area (TPSA) is 89.5 Å². The van der Waals surface area contributed by atoms with Crippen molar-refractivity contribution in [3.05, 3.63) is 87.9 Å². The third-order valence-corrected chi connectivity index (χ3v) is 5.41. The van der Waals surface area contributed by atoms with Crippen molar-refractivity contribution in [1.29, 1.82) is 0 Å². The van der Waals surface area contributed by atoms with Crippen LogP contribution in [-0.2, 0) is 4.79 Å². The van der Waals surface area contributed by atoms with Crippen LogP contribution in [-0.4, -0.2) is 38.3 Å². The zero-order chi connectivity index (χ0) is 22.7. The summed E-state index contributed by atoms with van der Waals surface area (Å²) in [6.45, 7) is -0.344. The number of carbonyl (C=O) groups excluding carboxylic acids is 3. The molecule has 1 saturated heterocycles. The molecule has 4 rings (SSSR count). The van der Waals surface area contributed by atoms with E-state index in [2.05, 4.69) is 9.97 Å². The Bertz CT molecular complexity index is 1250. The average molecular weight is 470 g/mol. The zero-order valence-electron chi connectivity index (χ0n) is 16.2. The number of amides is 2. The lowest BCUT2D eigenvalue weighted by atomic mass is 10.1. The van der Waals surface area contributed by atoms with Crippen LogP contribution in [0.4, 0.5) is 9.18 Å². The van der Waals surface area contributed by atoms with Gasteiger partial charge < -0.3 is 4.74 Å². The standard InChI is InChI=1S/C22H13ClFN3O4S/c23-21-25-11-16(24)19(26-21)31-15-8-4-5-13(9-15)10-18-20(29)27(22(30)32-18)12-17(28)14-6-2-1-3-7-14/h1-11H,12H2/b18-10+. The molecule has 0 atom stereocenters. The number of ether oxygens (including phenoxy) is 1. The molecule has 3 aromatic rings. The van der Waals surface area contributed by atoms with Gasteiger partial charge >= 0.3 is 0 Å². The molecule has 1 aliphatic rings. The molecule has 2 amide bonds. The Balaban J connectivity index is 1.51. The Morgan fingerprint density at radius 3 is 2.72 bits per heavy atom. The molecule has 10 heteroatoms. The predicted molar refractivity (Wildman–Crippen MR) is 117 cm³/mol. The van der Waals surface area contributed by atoms with Crippen LogP contribution >= 0.6 is 23.4 Å². The van der Waals surface area contributed by atoms with Gasteiger partial charge in [-0.15, -0.1) is 0 Å². The van der Waals surface area contributed by atoms with E-state index in [0.717, 1.165) is 22.9 Å². The largest absolute Gasteiger partial charge is 0.436 e. The fraction of sp³-hybridized carbons (Fsp3) is 0.0455. The number of halogens is 2. The molecule has 0 bridgehead atoms. The summed E-state index contributed by atoms with van der Waals surface area (Å²) >= 11 is 6.40. The number of thioether (sulfide) groups is 1. The molecular weight excluding hydrogens is 457 g/mol. The summed E-state index contributed by atoms with van der Waals surface area (Å²) in [4.78, 5) is 45.7. The summed E-state index contributed by atoms with van der Waals surface area (Å²) in [5.41, 5.74) is 0.945. The summed E-state index contributed by atoms with van der Waals surface area (Å²) in [5, 5.41) is -0.702. The number of ketones is 1. The number of Topliss-reactive ketones (excluding diaryl/α,β-unsaturated/α-hetero) is 1. The fourth-order valence-electron chi connectivity index (χ4n) is 2.83. The second-order valence-corrected chi connectivity index (χ2v) is 7.85. The fourth-order valence-corrected chi connectivity index (χ4v) is 3.79. The summed E-state index contributed by atoms with van der Waals surface area (Å²) < 4.78 is 19.2. The van der Waals surface area contributed by atoms with Gasteiger partial charge in [0.2, 0.25) is 11.1 Å². The molecule has 160 valence electrons. The van der Waals surface area contributed by atoms with Gasteiger partial charge in [-0.1, -0.05) is 42.5 Å². The molecule has 0 spiro atoms. The van der Waals surface area contributed by atoms with Crippen molar-refractivity contribution in [1.82, 2.24) is 14.9 Å². The molecule has 0 radical (unpaired) electrons. The van der Waals surface area contributed by atoms with Crippen molar-refractivity contribution < 1.29 is 23.5 Å². The number of rotatable bonds is 6. The van der Waals surface area contributed by atoms with Gasteiger partial charge in [0.05, 0.1) is 17.6 Å². The molecule has 0 unspecified atom stereocenters. The van der Waals surface area contributed by atoms with Gasteiger partial charge in [0.1, 0.15) is 5.75 Å². The maximum Gasteiger partial charge on any atom is 0.293 e. The number of hydrogen-bond donors (Lipinski definition) is 0. The highest BCUT2D eigenvalue weighted by molar-refractivity contribution is 8.18. The van der Waals surface area contributed by atoms with Crippen molar-refractivity contribution in [2.75, 3.05) is 6.54 Å². The van der Waals surface area contributed by atoms with Gasteiger partial charge in [0, 0.05) is 5.56 Å². The molecule has 0 aliphatic carbocycles. The van der Waals surface area contributed by atoms with Crippen LogP contribution in [0.15, 0.2) is 65.7 Å². The monoisotopic (exact) mass is 469 g/mol. The number of imide groups is 1. The lowest BCUT2D eigenvalue weighted by molar-refractivity contribution is -0.122. The molecule has 2 aromatic carbocycles. The highest BCUT2D eigenvalue weighted by Crippen LogP contribution is 2.33. The quantitative estimate of drug-likeness (QED) is 0.285. The maximum absolute atomic E-state index is 13.8. The van der Waals surface area contributed by atoms with E-state index in [0.29, 0.717) is 11.1 Å². The molecule has 1 fully saturated rings. The smallest absolute Gasteiger partial charge is 0.293 e. The predicted octanol–water partition coefficient (Wildman–Crippen LogP) is 4.98. The van der Waals surface area contributed by atoms with Crippen LogP contribution in [0.2, 0.25) is 5.28 Å². The van der Waals surface area contributed by atoms with Crippen molar-refractivity contribution in [3.63, 3.8) is 0 Å². The first-order valence-electron chi connectivity index (χ1n) is 9.20. The van der Waals surface area contributed by atoms with E-state index in [-0.39, 0.29) is 34.1 Å². The summed E-state index contributed by atoms with van der Waals surface area (Å²) in [7, 11) is 0. The molecule has 1 aliphatic heterocycles. The van der Waals surface area contributed by atoms with Gasteiger partial charge in [-0.3, -0.25) is 19.3 Å². The van der Waals surface area contributed by atoms with Crippen molar-refractivity contribution in [2.45, 2.75) is 0 Å². The molecular formula is C22H13ClFN3O4S. The molecule has 0 N–H and O–H groups in total. The van der Waals surface area contributed by atoms with Gasteiger partial charge in [0.15, 0.2) is 5.78 Å². The summed E-state index contributed by atoms with van der Waals surface area (Å²) in [5.74, 6) is -1.80. The highest BCUT2D eigenvalue weighted by Gasteiger charge is 2.36. The minimum absolute atomic E-state index is 0.157. The lowest BCUT2D eigenvalue weighted by Gasteiger charge is -2.11. The minimum atomic E-state index is -0.788. The second-order valence-electron chi connectivity index (χ2n) is 6.52. The molecule has 7 nitrogen and oxygen atoms in total. The van der Waals surface area contributed by atoms with Gasteiger partial charge in [0.25, 0.3) is 17.0 Å². The van der Waals surface area contributed by atoms with Gasteiger partial charge in [-0.2, -0.15) is 9.37 Å². The van der Waals surface area contributed by atoms with E-state index in [9.17, 15) is 18.8 Å². The molecule has 2 heterocycles. The van der Waals surface area contributed by atoms with E-state index in [1.54, 1.807) is 54.6 Å². The van der Waals surface area contributed by atoms with Crippen molar-refractivity contribution >= 4 is 46.4 Å². The number of aromatic nitrogens is 2. The zero-order valence-corrected chi connectivity index (χ0v) is 17.8. The second kappa shape index (κ2) is 9.29. The van der Waals surface area contributed by atoms with E-state index >= 15 is 0 Å². The molecule has 0 saturated carbocycles. The first-order chi connectivity index (χ1) is 15.4. The van der Waals surface area contributed by atoms with E-state index < -0.39 is 17.0 Å². The van der Waals surface area contributed by atoms with Crippen LogP contribution in [0.3, 0.4) is 0 Å². The van der Waals surface area contributed by atoms with Crippen LogP contribution < -0.4 is 4.74 Å². The number of benzene rings is 2. The normalized spacial score (nSPS) is 14.8. The Labute approximate surface area is 190 Å². The Hall–Kier alpha value is -3.56. The average Bonchev–Trinajstić information content (AvgIpc) is 3.04. The summed E-state index contributed by atoms with van der Waals surface area (Å²) in [6.07, 6.45) is 2.38. The van der Waals surface area contributed by atoms with E-state index in [1.165, 1.54) is 6.08 Å². The number of carbonyl (C=O) groups is 3. The number of hydrogen-bond acceptors (Lipinski definition) is 7. The molecule has 1 aromatic heterocycles. The lowest BCUT2D eigenvalue weighted by Crippen LogP contribution is -2.33. The van der Waals surface area contributed by atoms with Crippen molar-refractivity contribution in [2.24, 2.45) is 0 Å². The third-order valence-electron chi connectivity index (χ3n) is 4.32. The Morgan fingerprint density at radius 1 is 1.16 bits per heavy atom. The van der Waals surface area contributed by atoms with Crippen LogP contribution in [0, 0.1) is 5.82 Å². The first kappa shape index (κ1) is 21.7. The minimum Gasteiger partial charge on any atom is -0.436 e. The van der Waals surface area contributed by atoms with Gasteiger partial charge in [-0.05, 0) is 47.1 Å². The highest BCUT2D eigenvalue weighted by atomic mass is 35.5. The molecule has 32 heavy (non-hydrogen) atoms. The van der Waals surface area contributed by atoms with Crippen LogP contribution in [0.5, 0.6) is 11.6 Å². The van der Waals surface area contributed by atoms with Crippen LogP contribution in [0.1, 0.15) is 15.9 Å². The first-order valence-corrected chi connectivity index (χ1v) is 10.4. The summed E-state index contributed by atoms with van der Waals surface area (Å²) in [6, 6.07) is 14.8. The SMILES string of the molecule is O=C(CN1C(=O)S/C(=C/c2cccc(Oc3nc(Cl)ncc3F)c2)C1=O)c1ccccc1.